The first-order valence-corrected chi connectivity index (χ1v) is 9.17. The van der Waals surface area contributed by atoms with Crippen LogP contribution in [0.3, 0.4) is 0 Å². The molecule has 0 unspecified atom stereocenters. The number of thioether (sulfide) groups is 1. The third kappa shape index (κ3) is 2.98. The minimum atomic E-state index is -3.61. The summed E-state index contributed by atoms with van der Waals surface area (Å²) in [5.41, 5.74) is -0.229. The number of nitro groups is 1. The molecule has 1 amide bonds. The van der Waals surface area contributed by atoms with Gasteiger partial charge in [-0.1, -0.05) is 6.92 Å². The predicted octanol–water partition coefficient (Wildman–Crippen LogP) is 1.20. The minimum absolute atomic E-state index is 0.0179. The summed E-state index contributed by atoms with van der Waals surface area (Å²) in [4.78, 5) is 25.7. The number of fused-ring (bicyclic) bond motifs is 1. The third-order valence-electron chi connectivity index (χ3n) is 3.16. The molecule has 0 spiro atoms. The van der Waals surface area contributed by atoms with E-state index in [0.29, 0.717) is 11.8 Å². The lowest BCUT2D eigenvalue weighted by molar-refractivity contribution is -0.402. The highest BCUT2D eigenvalue weighted by Crippen LogP contribution is 2.30. The maximum atomic E-state index is 12.1. The fourth-order valence-electron chi connectivity index (χ4n) is 1.88. The molecule has 0 saturated heterocycles. The van der Waals surface area contributed by atoms with E-state index in [1.165, 1.54) is 13.0 Å². The van der Waals surface area contributed by atoms with Gasteiger partial charge in [0.15, 0.2) is 5.84 Å². The summed E-state index contributed by atoms with van der Waals surface area (Å²) in [6, 6.07) is 2.37. The monoisotopic (exact) mass is 383 g/mol. The molecule has 2 aliphatic rings. The van der Waals surface area contributed by atoms with Crippen LogP contribution in [0.1, 0.15) is 12.7 Å². The number of sulfone groups is 1. The molecular formula is C12H9N5O6S2. The second-order valence-corrected chi connectivity index (χ2v) is 8.13. The van der Waals surface area contributed by atoms with Crippen LogP contribution in [0.15, 0.2) is 32.2 Å². The van der Waals surface area contributed by atoms with Crippen LogP contribution in [-0.4, -0.2) is 45.4 Å². The number of hydrogen-bond acceptors (Lipinski definition) is 9. The van der Waals surface area contributed by atoms with Crippen LogP contribution in [-0.2, 0) is 14.6 Å². The summed E-state index contributed by atoms with van der Waals surface area (Å²) in [6.07, 6.45) is 1.12. The van der Waals surface area contributed by atoms with Crippen LogP contribution in [0, 0.1) is 15.5 Å². The Bertz CT molecular complexity index is 1000. The zero-order valence-electron chi connectivity index (χ0n) is 12.5. The Kier molecular flexibility index (Phi) is 4.04. The molecule has 3 heterocycles. The minimum Gasteiger partial charge on any atom is -0.401 e. The molecule has 1 aromatic rings. The van der Waals surface area contributed by atoms with Gasteiger partial charge in [0, 0.05) is 0 Å². The van der Waals surface area contributed by atoms with Crippen LogP contribution < -0.4 is 0 Å². The van der Waals surface area contributed by atoms with E-state index in [9.17, 15) is 23.3 Å². The molecule has 13 heteroatoms. The molecule has 1 N–H and O–H groups in total. The molecule has 1 aromatic heterocycles. The van der Waals surface area contributed by atoms with Crippen molar-refractivity contribution in [3.8, 4) is 0 Å². The molecule has 3 rings (SSSR count). The number of carbonyl (C=O) groups is 1. The highest BCUT2D eigenvalue weighted by Gasteiger charge is 2.39. The Balaban J connectivity index is 1.97. The molecular weight excluding hydrogens is 374 g/mol. The number of furan rings is 1. The highest BCUT2D eigenvalue weighted by molar-refractivity contribution is 8.42. The predicted molar refractivity (Wildman–Crippen MR) is 89.8 cm³/mol. The van der Waals surface area contributed by atoms with Crippen LogP contribution in [0.2, 0.25) is 0 Å². The number of hydrogen-bond donors (Lipinski definition) is 1. The number of carbonyl (C=O) groups excluding carboxylic acids is 1. The first kappa shape index (κ1) is 17.0. The van der Waals surface area contributed by atoms with E-state index < -0.39 is 32.4 Å². The van der Waals surface area contributed by atoms with Crippen molar-refractivity contribution in [2.24, 2.45) is 10.1 Å². The van der Waals surface area contributed by atoms with Crippen molar-refractivity contribution in [2.45, 2.75) is 6.92 Å². The summed E-state index contributed by atoms with van der Waals surface area (Å²) in [6.45, 7) is 1.45. The highest BCUT2D eigenvalue weighted by atomic mass is 32.3. The van der Waals surface area contributed by atoms with Crippen molar-refractivity contribution in [1.29, 1.82) is 5.41 Å². The maximum absolute atomic E-state index is 12.1. The van der Waals surface area contributed by atoms with E-state index in [1.54, 1.807) is 0 Å². The summed E-state index contributed by atoms with van der Waals surface area (Å²) < 4.78 is 28.5. The quantitative estimate of drug-likeness (QED) is 0.463. The van der Waals surface area contributed by atoms with Crippen molar-refractivity contribution in [3.05, 3.63) is 33.6 Å². The first-order valence-electron chi connectivity index (χ1n) is 6.70. The second-order valence-electron chi connectivity index (χ2n) is 4.72. The molecule has 0 aliphatic carbocycles. The summed E-state index contributed by atoms with van der Waals surface area (Å²) in [5, 5.41) is 23.4. The number of nitrogens with one attached hydrogen (secondary N) is 1. The van der Waals surface area contributed by atoms with Crippen molar-refractivity contribution >= 4 is 54.8 Å². The van der Waals surface area contributed by atoms with Crippen molar-refractivity contribution in [2.75, 3.05) is 5.75 Å². The average Bonchev–Trinajstić information content (AvgIpc) is 3.18. The largest absolute Gasteiger partial charge is 0.433 e. The van der Waals surface area contributed by atoms with Crippen LogP contribution in [0.5, 0.6) is 0 Å². The van der Waals surface area contributed by atoms with Crippen LogP contribution >= 0.6 is 11.8 Å². The van der Waals surface area contributed by atoms with Gasteiger partial charge in [0.25, 0.3) is 5.91 Å². The molecule has 0 aromatic carbocycles. The standard InChI is InChI=1S/C12H9N5O6S2/c1-2-25(21,22)12-15-16-9(13)7(10(18)14-11(16)24-12)5-6-3-4-8(23-6)17(19)20/h3-5,13H,2H2,1H3/b7-5+,13-9?. The van der Waals surface area contributed by atoms with E-state index in [1.807, 2.05) is 0 Å². The topological polar surface area (TPSA) is 159 Å². The van der Waals surface area contributed by atoms with Gasteiger partial charge in [0.2, 0.25) is 19.4 Å². The average molecular weight is 383 g/mol. The normalized spacial score (nSPS) is 19.1. The zero-order chi connectivity index (χ0) is 18.4. The molecule has 0 atom stereocenters. The third-order valence-corrected chi connectivity index (χ3v) is 6.25. The number of aliphatic imine (C=N–C) groups is 1. The number of hydrazone groups is 1. The number of rotatable bonds is 3. The Labute approximate surface area is 144 Å². The summed E-state index contributed by atoms with van der Waals surface area (Å²) in [7, 11) is -3.61. The zero-order valence-corrected chi connectivity index (χ0v) is 14.1. The van der Waals surface area contributed by atoms with Crippen molar-refractivity contribution in [1.82, 2.24) is 5.01 Å². The fourth-order valence-corrected chi connectivity index (χ4v) is 4.05. The number of nitrogens with zero attached hydrogens (tertiary/aromatic N) is 4. The van der Waals surface area contributed by atoms with Gasteiger partial charge < -0.3 is 4.42 Å². The Morgan fingerprint density at radius 3 is 2.80 bits per heavy atom. The van der Waals surface area contributed by atoms with E-state index >= 15 is 0 Å². The summed E-state index contributed by atoms with van der Waals surface area (Å²) >= 11 is 0.686. The van der Waals surface area contributed by atoms with E-state index in [0.717, 1.165) is 17.2 Å². The lowest BCUT2D eigenvalue weighted by Crippen LogP contribution is -2.35. The van der Waals surface area contributed by atoms with Gasteiger partial charge >= 0.3 is 5.88 Å². The maximum Gasteiger partial charge on any atom is 0.433 e. The van der Waals surface area contributed by atoms with Gasteiger partial charge in [0.1, 0.15) is 10.7 Å². The van der Waals surface area contributed by atoms with Crippen LogP contribution in [0.4, 0.5) is 5.88 Å². The lowest BCUT2D eigenvalue weighted by atomic mass is 10.1. The van der Waals surface area contributed by atoms with Gasteiger partial charge in [0.05, 0.1) is 17.4 Å². The van der Waals surface area contributed by atoms with Crippen molar-refractivity contribution in [3.63, 3.8) is 0 Å². The SMILES string of the molecule is CCS(=O)(=O)C1=NN2C(=N)/C(=C\c3ccc([N+](=O)[O-])o3)C(=O)N=C2S1. The number of amides is 1. The molecule has 0 radical (unpaired) electrons. The molecule has 2 aliphatic heterocycles. The molecule has 25 heavy (non-hydrogen) atoms. The van der Waals surface area contributed by atoms with E-state index in [4.69, 9.17) is 9.83 Å². The van der Waals surface area contributed by atoms with Gasteiger partial charge in [-0.05, 0) is 23.9 Å². The molecule has 0 fully saturated rings. The Morgan fingerprint density at radius 2 is 2.20 bits per heavy atom. The van der Waals surface area contributed by atoms with Crippen molar-refractivity contribution < 1.29 is 22.6 Å². The van der Waals surface area contributed by atoms with E-state index in [2.05, 4.69) is 10.1 Å². The molecule has 11 nitrogen and oxygen atoms in total. The van der Waals surface area contributed by atoms with Gasteiger partial charge in [-0.15, -0.1) is 5.10 Å². The van der Waals surface area contributed by atoms with E-state index in [-0.39, 0.29) is 26.6 Å². The molecule has 130 valence electrons. The van der Waals surface area contributed by atoms with Gasteiger partial charge in [-0.3, -0.25) is 20.3 Å². The van der Waals surface area contributed by atoms with Gasteiger partial charge in [-0.25, -0.2) is 8.42 Å². The Morgan fingerprint density at radius 1 is 1.48 bits per heavy atom. The first-order chi connectivity index (χ1) is 11.7. The molecule has 0 bridgehead atoms. The lowest BCUT2D eigenvalue weighted by Gasteiger charge is -2.19. The molecule has 0 saturated carbocycles. The Hall–Kier alpha value is -2.80. The number of amidine groups is 2. The second kappa shape index (κ2) is 5.93. The van der Waals surface area contributed by atoms with Crippen LogP contribution in [0.25, 0.3) is 6.08 Å². The summed E-state index contributed by atoms with van der Waals surface area (Å²) in [5.74, 6) is -1.91. The smallest absolute Gasteiger partial charge is 0.401 e. The fraction of sp³-hybridized carbons (Fsp3) is 0.167. The van der Waals surface area contributed by atoms with Gasteiger partial charge in [-0.2, -0.15) is 10.0 Å².